The van der Waals surface area contributed by atoms with Crippen molar-refractivity contribution in [1.82, 2.24) is 14.7 Å². The van der Waals surface area contributed by atoms with Gasteiger partial charge < -0.3 is 14.7 Å². The molecular formula is C19H26F2N4O2. The summed E-state index contributed by atoms with van der Waals surface area (Å²) >= 11 is 0. The van der Waals surface area contributed by atoms with E-state index in [1.165, 1.54) is 6.07 Å². The summed E-state index contributed by atoms with van der Waals surface area (Å²) in [6.45, 7) is 3.40. The Morgan fingerprint density at radius 2 is 1.74 bits per heavy atom. The van der Waals surface area contributed by atoms with E-state index in [1.54, 1.807) is 28.8 Å². The van der Waals surface area contributed by atoms with Crippen molar-refractivity contribution >= 4 is 17.5 Å². The van der Waals surface area contributed by atoms with Gasteiger partial charge in [0, 0.05) is 52.9 Å². The van der Waals surface area contributed by atoms with Crippen LogP contribution in [0.5, 0.6) is 0 Å². The topological polar surface area (TPSA) is 47.1 Å². The zero-order valence-electron chi connectivity index (χ0n) is 15.9. The molecule has 2 heterocycles. The maximum atomic E-state index is 14.3. The molecule has 0 bridgehead atoms. The zero-order chi connectivity index (χ0) is 19.6. The van der Waals surface area contributed by atoms with Crippen LogP contribution in [0.25, 0.3) is 0 Å². The molecule has 27 heavy (non-hydrogen) atoms. The number of nitrogens with zero attached hydrogens (tertiary/aromatic N) is 4. The van der Waals surface area contributed by atoms with Crippen molar-refractivity contribution in [3.63, 3.8) is 0 Å². The number of piperazine rings is 1. The molecule has 2 aliphatic heterocycles. The summed E-state index contributed by atoms with van der Waals surface area (Å²) in [5.74, 6) is -1.21. The molecule has 0 N–H and O–H groups in total. The van der Waals surface area contributed by atoms with Crippen molar-refractivity contribution in [2.75, 3.05) is 64.8 Å². The Hall–Kier alpha value is -2.22. The van der Waals surface area contributed by atoms with Gasteiger partial charge in [0.1, 0.15) is 11.6 Å². The summed E-state index contributed by atoms with van der Waals surface area (Å²) in [4.78, 5) is 31.5. The molecule has 3 rings (SSSR count). The Morgan fingerprint density at radius 1 is 1.04 bits per heavy atom. The third kappa shape index (κ3) is 4.55. The lowest BCUT2D eigenvalue weighted by Gasteiger charge is -2.37. The maximum absolute atomic E-state index is 14.3. The van der Waals surface area contributed by atoms with Gasteiger partial charge in [0.2, 0.25) is 11.8 Å². The predicted octanol–water partition coefficient (Wildman–Crippen LogP) is 0.950. The Balaban J connectivity index is 1.58. The van der Waals surface area contributed by atoms with Crippen molar-refractivity contribution in [3.8, 4) is 0 Å². The number of hydrogen-bond donors (Lipinski definition) is 0. The summed E-state index contributed by atoms with van der Waals surface area (Å²) < 4.78 is 27.7. The molecule has 0 aliphatic carbocycles. The van der Waals surface area contributed by atoms with Gasteiger partial charge in [0.05, 0.1) is 18.8 Å². The van der Waals surface area contributed by atoms with Crippen LogP contribution in [0.2, 0.25) is 0 Å². The van der Waals surface area contributed by atoms with E-state index in [9.17, 15) is 18.4 Å². The van der Waals surface area contributed by atoms with Gasteiger partial charge in [-0.1, -0.05) is 0 Å². The highest BCUT2D eigenvalue weighted by Crippen LogP contribution is 2.30. The van der Waals surface area contributed by atoms with Crippen LogP contribution < -0.4 is 4.90 Å². The maximum Gasteiger partial charge on any atom is 0.242 e. The lowest BCUT2D eigenvalue weighted by molar-refractivity contribution is -0.133. The number of anilines is 1. The van der Waals surface area contributed by atoms with Gasteiger partial charge in [0.25, 0.3) is 0 Å². The quantitative estimate of drug-likeness (QED) is 0.781. The first-order valence-electron chi connectivity index (χ1n) is 9.28. The van der Waals surface area contributed by atoms with E-state index in [2.05, 4.69) is 0 Å². The predicted molar refractivity (Wildman–Crippen MR) is 98.6 cm³/mol. The minimum absolute atomic E-state index is 0.0439. The van der Waals surface area contributed by atoms with Gasteiger partial charge in [-0.3, -0.25) is 14.5 Å². The summed E-state index contributed by atoms with van der Waals surface area (Å²) in [6, 6.07) is 2.23. The Labute approximate surface area is 158 Å². The molecule has 2 amide bonds. The number of amides is 2. The second kappa shape index (κ2) is 8.21. The van der Waals surface area contributed by atoms with Crippen LogP contribution in [0, 0.1) is 11.6 Å². The number of hydrogen-bond acceptors (Lipinski definition) is 4. The molecule has 1 aromatic carbocycles. The Kier molecular flexibility index (Phi) is 5.94. The fraction of sp³-hybridized carbons (Fsp3) is 0.579. The lowest BCUT2D eigenvalue weighted by Crippen LogP contribution is -2.53. The summed E-state index contributed by atoms with van der Waals surface area (Å²) in [5, 5.41) is 0. The van der Waals surface area contributed by atoms with Crippen LogP contribution >= 0.6 is 0 Å². The van der Waals surface area contributed by atoms with Crippen molar-refractivity contribution in [3.05, 3.63) is 29.3 Å². The van der Waals surface area contributed by atoms with E-state index in [4.69, 9.17) is 0 Å². The van der Waals surface area contributed by atoms with E-state index in [-0.39, 0.29) is 18.4 Å². The molecule has 2 aliphatic rings. The largest absolute Gasteiger partial charge is 0.360 e. The molecule has 0 spiro atoms. The van der Waals surface area contributed by atoms with Gasteiger partial charge in [0.15, 0.2) is 0 Å². The van der Waals surface area contributed by atoms with Crippen LogP contribution in [-0.4, -0.2) is 86.4 Å². The van der Waals surface area contributed by atoms with Gasteiger partial charge in [-0.2, -0.15) is 0 Å². The molecule has 1 saturated heterocycles. The monoisotopic (exact) mass is 380 g/mol. The number of rotatable bonds is 4. The molecule has 8 heteroatoms. The van der Waals surface area contributed by atoms with E-state index >= 15 is 0 Å². The molecule has 0 atom stereocenters. The Morgan fingerprint density at radius 3 is 2.41 bits per heavy atom. The fourth-order valence-corrected chi connectivity index (χ4v) is 3.65. The van der Waals surface area contributed by atoms with Crippen LogP contribution in [0.3, 0.4) is 0 Å². The third-order valence-electron chi connectivity index (χ3n) is 5.21. The highest BCUT2D eigenvalue weighted by molar-refractivity contribution is 5.82. The molecule has 0 unspecified atom stereocenters. The average Bonchev–Trinajstić information content (AvgIpc) is 2.61. The first-order valence-corrected chi connectivity index (χ1v) is 9.28. The number of carbonyl (C=O) groups is 2. The minimum Gasteiger partial charge on any atom is -0.360 e. The molecule has 0 saturated carbocycles. The second-order valence-electron chi connectivity index (χ2n) is 7.37. The molecule has 1 fully saturated rings. The molecule has 148 valence electrons. The van der Waals surface area contributed by atoms with Crippen molar-refractivity contribution in [2.45, 2.75) is 12.8 Å². The highest BCUT2D eigenvalue weighted by atomic mass is 19.1. The fourth-order valence-electron chi connectivity index (χ4n) is 3.65. The number of likely N-dealkylation sites (N-methyl/N-ethyl adjacent to an activating group) is 1. The van der Waals surface area contributed by atoms with Crippen molar-refractivity contribution in [1.29, 1.82) is 0 Å². The zero-order valence-corrected chi connectivity index (χ0v) is 15.9. The average molecular weight is 380 g/mol. The number of benzene rings is 1. The first kappa shape index (κ1) is 19.5. The van der Waals surface area contributed by atoms with E-state index in [0.29, 0.717) is 56.9 Å². The van der Waals surface area contributed by atoms with Gasteiger partial charge in [-0.05, 0) is 24.5 Å². The highest BCUT2D eigenvalue weighted by Gasteiger charge is 2.27. The third-order valence-corrected chi connectivity index (χ3v) is 5.21. The van der Waals surface area contributed by atoms with E-state index in [0.717, 1.165) is 12.5 Å². The van der Waals surface area contributed by atoms with E-state index < -0.39 is 11.6 Å². The van der Waals surface area contributed by atoms with Crippen LogP contribution in [0.4, 0.5) is 14.5 Å². The van der Waals surface area contributed by atoms with Crippen molar-refractivity contribution in [2.24, 2.45) is 0 Å². The lowest BCUT2D eigenvalue weighted by atomic mass is 10.0. The Bertz CT molecular complexity index is 718. The number of aryl methyl sites for hydroxylation is 1. The standard InChI is InChI=1S/C19H26F2N4O2/c1-22(2)17(26)12-23-6-8-24(9-7-23)18(27)13-25-5-3-4-14-10-15(20)11-16(21)19(14)25/h10-11H,3-9,12-13H2,1-2H3. The van der Waals surface area contributed by atoms with Crippen LogP contribution in [0.15, 0.2) is 12.1 Å². The first-order chi connectivity index (χ1) is 12.8. The number of fused-ring (bicyclic) bond motifs is 1. The summed E-state index contributed by atoms with van der Waals surface area (Å²) in [7, 11) is 3.45. The van der Waals surface area contributed by atoms with E-state index in [1.807, 2.05) is 4.90 Å². The van der Waals surface area contributed by atoms with Gasteiger partial charge in [-0.25, -0.2) is 8.78 Å². The molecule has 0 aromatic heterocycles. The van der Waals surface area contributed by atoms with Crippen molar-refractivity contribution < 1.29 is 18.4 Å². The normalized spacial score (nSPS) is 17.6. The smallest absolute Gasteiger partial charge is 0.242 e. The second-order valence-corrected chi connectivity index (χ2v) is 7.37. The van der Waals surface area contributed by atoms with Crippen LogP contribution in [-0.2, 0) is 16.0 Å². The summed E-state index contributed by atoms with van der Waals surface area (Å²) in [5.41, 5.74) is 0.977. The minimum atomic E-state index is -0.607. The molecule has 0 radical (unpaired) electrons. The number of halogens is 2. The van der Waals surface area contributed by atoms with Gasteiger partial charge in [-0.15, -0.1) is 0 Å². The van der Waals surface area contributed by atoms with Gasteiger partial charge >= 0.3 is 0 Å². The number of carbonyl (C=O) groups excluding carboxylic acids is 2. The summed E-state index contributed by atoms with van der Waals surface area (Å²) in [6.07, 6.45) is 1.39. The van der Waals surface area contributed by atoms with Crippen LogP contribution in [0.1, 0.15) is 12.0 Å². The SMILES string of the molecule is CN(C)C(=O)CN1CCN(C(=O)CN2CCCc3cc(F)cc(F)c32)CC1. The molecule has 6 nitrogen and oxygen atoms in total. The molecular weight excluding hydrogens is 354 g/mol. The molecule has 1 aromatic rings.